The first-order valence-corrected chi connectivity index (χ1v) is 7.92. The molecule has 1 unspecified atom stereocenters. The van der Waals surface area contributed by atoms with Gasteiger partial charge in [0.15, 0.2) is 0 Å². The van der Waals surface area contributed by atoms with Crippen molar-refractivity contribution >= 4 is 5.69 Å². The molecule has 2 aromatic carbocycles. The molecule has 3 aromatic rings. The number of benzene rings is 2. The Morgan fingerprint density at radius 2 is 1.72 bits per heavy atom. The largest absolute Gasteiger partial charge is 0.416 e. The van der Waals surface area contributed by atoms with Gasteiger partial charge in [-0.05, 0) is 30.2 Å². The highest BCUT2D eigenvalue weighted by atomic mass is 19.4. The normalized spacial score (nSPS) is 12.8. The third-order valence-electron chi connectivity index (χ3n) is 3.94. The lowest BCUT2D eigenvalue weighted by Crippen LogP contribution is -2.08. The van der Waals surface area contributed by atoms with E-state index in [9.17, 15) is 13.2 Å². The van der Waals surface area contributed by atoms with Gasteiger partial charge in [0.25, 0.3) is 0 Å². The summed E-state index contributed by atoms with van der Waals surface area (Å²) in [6, 6.07) is 15.0. The number of halogens is 3. The molecule has 1 aromatic heterocycles. The predicted octanol–water partition coefficient (Wildman–Crippen LogP) is 5.12. The number of alkyl halides is 3. The van der Waals surface area contributed by atoms with Crippen LogP contribution in [0.4, 0.5) is 18.9 Å². The van der Waals surface area contributed by atoms with Crippen molar-refractivity contribution < 1.29 is 13.2 Å². The zero-order valence-corrected chi connectivity index (χ0v) is 13.7. The first-order valence-electron chi connectivity index (χ1n) is 7.92. The smallest absolute Gasteiger partial charge is 0.376 e. The molecule has 0 bridgehead atoms. The number of anilines is 1. The average molecular weight is 345 g/mol. The Hall–Kier alpha value is -2.76. The number of hydrogen-bond donors (Lipinski definition) is 1. The van der Waals surface area contributed by atoms with Crippen LogP contribution in [-0.4, -0.2) is 9.78 Å². The lowest BCUT2D eigenvalue weighted by molar-refractivity contribution is -0.137. The van der Waals surface area contributed by atoms with Gasteiger partial charge >= 0.3 is 6.18 Å². The summed E-state index contributed by atoms with van der Waals surface area (Å²) in [6.07, 6.45) is -0.717. The van der Waals surface area contributed by atoms with Crippen molar-refractivity contribution in [2.24, 2.45) is 0 Å². The highest BCUT2D eigenvalue weighted by Gasteiger charge is 2.30. The number of nitrogens with zero attached hydrogens (tertiary/aromatic N) is 2. The van der Waals surface area contributed by atoms with E-state index in [0.29, 0.717) is 6.54 Å². The van der Waals surface area contributed by atoms with Crippen molar-refractivity contribution in [1.82, 2.24) is 9.78 Å². The van der Waals surface area contributed by atoms with Gasteiger partial charge in [-0.1, -0.05) is 42.5 Å². The van der Waals surface area contributed by atoms with Crippen LogP contribution in [0.1, 0.15) is 29.7 Å². The minimum atomic E-state index is -4.31. The quantitative estimate of drug-likeness (QED) is 0.695. The lowest BCUT2D eigenvalue weighted by Gasteiger charge is -2.15. The van der Waals surface area contributed by atoms with Gasteiger partial charge in [0.2, 0.25) is 0 Å². The molecular weight excluding hydrogens is 327 g/mol. The lowest BCUT2D eigenvalue weighted by atomic mass is 10.1. The summed E-state index contributed by atoms with van der Waals surface area (Å²) in [5.74, 6) is 0. The Kier molecular flexibility index (Phi) is 4.79. The summed E-state index contributed by atoms with van der Waals surface area (Å²) in [5, 5.41) is 7.57. The molecule has 1 atom stereocenters. The van der Waals surface area contributed by atoms with Gasteiger partial charge in [0.1, 0.15) is 0 Å². The number of rotatable bonds is 5. The molecule has 130 valence electrons. The van der Waals surface area contributed by atoms with Crippen LogP contribution in [0.15, 0.2) is 67.0 Å². The highest BCUT2D eigenvalue weighted by molar-refractivity contribution is 5.42. The molecule has 0 spiro atoms. The maximum atomic E-state index is 12.6. The molecule has 0 saturated carbocycles. The Morgan fingerprint density at radius 1 is 1.04 bits per heavy atom. The first-order chi connectivity index (χ1) is 11.9. The van der Waals surface area contributed by atoms with E-state index in [1.54, 1.807) is 6.20 Å². The van der Waals surface area contributed by atoms with Gasteiger partial charge in [0, 0.05) is 12.2 Å². The average Bonchev–Trinajstić information content (AvgIpc) is 3.02. The van der Waals surface area contributed by atoms with Crippen molar-refractivity contribution in [2.45, 2.75) is 25.7 Å². The molecule has 25 heavy (non-hydrogen) atoms. The Bertz CT molecular complexity index is 808. The first kappa shape index (κ1) is 17.1. The Labute approximate surface area is 144 Å². The van der Waals surface area contributed by atoms with Crippen LogP contribution in [0.2, 0.25) is 0 Å². The fourth-order valence-electron chi connectivity index (χ4n) is 2.59. The SMILES string of the molecule is CC(Nc1cnn(Cc2ccccc2)c1)c1ccc(C(F)(F)F)cc1. The molecule has 3 nitrogen and oxygen atoms in total. The van der Waals surface area contributed by atoms with Gasteiger partial charge < -0.3 is 5.32 Å². The standard InChI is InChI=1S/C19H18F3N3/c1-14(16-7-9-17(10-8-16)19(20,21)22)24-18-11-23-25(13-18)12-15-5-3-2-4-6-15/h2-11,13-14,24H,12H2,1H3. The minimum absolute atomic E-state index is 0.128. The van der Waals surface area contributed by atoms with Crippen LogP contribution in [-0.2, 0) is 12.7 Å². The minimum Gasteiger partial charge on any atom is -0.376 e. The molecule has 0 fully saturated rings. The molecule has 6 heteroatoms. The molecule has 1 N–H and O–H groups in total. The van der Waals surface area contributed by atoms with Crippen molar-refractivity contribution in [1.29, 1.82) is 0 Å². The van der Waals surface area contributed by atoms with E-state index in [4.69, 9.17) is 0 Å². The van der Waals surface area contributed by atoms with Crippen LogP contribution >= 0.6 is 0 Å². The summed E-state index contributed by atoms with van der Waals surface area (Å²) in [5.41, 5.74) is 2.11. The van der Waals surface area contributed by atoms with Crippen LogP contribution in [0.3, 0.4) is 0 Å². The van der Waals surface area contributed by atoms with Gasteiger partial charge in [-0.2, -0.15) is 18.3 Å². The zero-order valence-electron chi connectivity index (χ0n) is 13.7. The Balaban J connectivity index is 1.64. The predicted molar refractivity (Wildman–Crippen MR) is 91.3 cm³/mol. The van der Waals surface area contributed by atoms with E-state index < -0.39 is 11.7 Å². The van der Waals surface area contributed by atoms with Crippen LogP contribution < -0.4 is 5.32 Å². The summed E-state index contributed by atoms with van der Waals surface area (Å²) >= 11 is 0. The van der Waals surface area contributed by atoms with Crippen LogP contribution in [0, 0.1) is 0 Å². The van der Waals surface area contributed by atoms with E-state index >= 15 is 0 Å². The highest BCUT2D eigenvalue weighted by Crippen LogP contribution is 2.30. The molecule has 0 amide bonds. The van der Waals surface area contributed by atoms with Crippen LogP contribution in [0.5, 0.6) is 0 Å². The summed E-state index contributed by atoms with van der Waals surface area (Å²) in [4.78, 5) is 0. The van der Waals surface area contributed by atoms with E-state index in [-0.39, 0.29) is 6.04 Å². The molecule has 0 aliphatic heterocycles. The zero-order chi connectivity index (χ0) is 17.9. The van der Waals surface area contributed by atoms with Crippen LogP contribution in [0.25, 0.3) is 0 Å². The van der Waals surface area contributed by atoms with Gasteiger partial charge in [-0.15, -0.1) is 0 Å². The van der Waals surface area contributed by atoms with E-state index in [2.05, 4.69) is 10.4 Å². The van der Waals surface area contributed by atoms with E-state index in [1.165, 1.54) is 12.1 Å². The fraction of sp³-hybridized carbons (Fsp3) is 0.211. The molecule has 0 aliphatic carbocycles. The third-order valence-corrected chi connectivity index (χ3v) is 3.94. The molecule has 1 heterocycles. The van der Waals surface area contributed by atoms with Crippen molar-refractivity contribution in [2.75, 3.05) is 5.32 Å². The molecule has 3 rings (SSSR count). The number of nitrogens with one attached hydrogen (secondary N) is 1. The topological polar surface area (TPSA) is 29.9 Å². The maximum Gasteiger partial charge on any atom is 0.416 e. The number of aromatic nitrogens is 2. The second-order valence-corrected chi connectivity index (χ2v) is 5.90. The summed E-state index contributed by atoms with van der Waals surface area (Å²) in [6.45, 7) is 2.56. The second-order valence-electron chi connectivity index (χ2n) is 5.90. The molecule has 0 aliphatic rings. The fourth-order valence-corrected chi connectivity index (χ4v) is 2.59. The van der Waals surface area contributed by atoms with E-state index in [0.717, 1.165) is 28.9 Å². The number of hydrogen-bond acceptors (Lipinski definition) is 2. The maximum absolute atomic E-state index is 12.6. The van der Waals surface area contributed by atoms with Gasteiger partial charge in [-0.3, -0.25) is 4.68 Å². The van der Waals surface area contributed by atoms with Crippen molar-refractivity contribution in [3.8, 4) is 0 Å². The molecular formula is C19H18F3N3. The summed E-state index contributed by atoms with van der Waals surface area (Å²) in [7, 11) is 0. The van der Waals surface area contributed by atoms with Gasteiger partial charge in [0.05, 0.1) is 24.0 Å². The second kappa shape index (κ2) is 7.01. The Morgan fingerprint density at radius 3 is 2.36 bits per heavy atom. The molecule has 0 saturated heterocycles. The van der Waals surface area contributed by atoms with Gasteiger partial charge in [-0.25, -0.2) is 0 Å². The monoisotopic (exact) mass is 345 g/mol. The van der Waals surface area contributed by atoms with E-state index in [1.807, 2.05) is 48.1 Å². The molecule has 0 radical (unpaired) electrons. The third kappa shape index (κ3) is 4.41. The van der Waals surface area contributed by atoms with Crippen molar-refractivity contribution in [3.05, 3.63) is 83.7 Å². The van der Waals surface area contributed by atoms with Crippen molar-refractivity contribution in [3.63, 3.8) is 0 Å². The summed E-state index contributed by atoms with van der Waals surface area (Å²) < 4.78 is 39.7.